The van der Waals surface area contributed by atoms with Gasteiger partial charge in [-0.2, -0.15) is 0 Å². The Balaban J connectivity index is 2.30. The van der Waals surface area contributed by atoms with Crippen LogP contribution in [0.5, 0.6) is 5.75 Å². The second kappa shape index (κ2) is 5.99. The van der Waals surface area contributed by atoms with Gasteiger partial charge in [-0.3, -0.25) is 4.79 Å². The zero-order valence-electron chi connectivity index (χ0n) is 11.2. The molecule has 0 bridgehead atoms. The molecule has 6 heteroatoms. The lowest BCUT2D eigenvalue weighted by Crippen LogP contribution is -2.16. The van der Waals surface area contributed by atoms with Crippen molar-refractivity contribution in [3.8, 4) is 5.75 Å². The van der Waals surface area contributed by atoms with Crippen molar-refractivity contribution in [2.75, 3.05) is 5.75 Å². The van der Waals surface area contributed by atoms with E-state index in [9.17, 15) is 18.3 Å². The summed E-state index contributed by atoms with van der Waals surface area (Å²) in [5.74, 6) is -1.56. The summed E-state index contributed by atoms with van der Waals surface area (Å²) in [5, 5.41) is 9.67. The Morgan fingerprint density at radius 3 is 2.38 bits per heavy atom. The third-order valence-corrected chi connectivity index (χ3v) is 5.09. The van der Waals surface area contributed by atoms with Gasteiger partial charge >= 0.3 is 0 Å². The van der Waals surface area contributed by atoms with Gasteiger partial charge in [-0.1, -0.05) is 33.6 Å². The summed E-state index contributed by atoms with van der Waals surface area (Å²) in [6.45, 7) is 1.85. The van der Waals surface area contributed by atoms with Crippen LogP contribution in [0.1, 0.15) is 15.9 Å². The van der Waals surface area contributed by atoms with Gasteiger partial charge in [0.05, 0.1) is 10.5 Å². The summed E-state index contributed by atoms with van der Waals surface area (Å²) in [7, 11) is -3.73. The molecule has 110 valence electrons. The number of hydrogen-bond acceptors (Lipinski definition) is 4. The number of phenols is 1. The summed E-state index contributed by atoms with van der Waals surface area (Å²) in [5.41, 5.74) is 0.921. The number of ketones is 1. The SMILES string of the molecule is Cc1ccc(S(=O)(=O)CC(=O)c2cc(Br)ccc2O)cc1. The Morgan fingerprint density at radius 2 is 1.76 bits per heavy atom. The molecule has 0 aromatic heterocycles. The number of carbonyl (C=O) groups is 1. The summed E-state index contributed by atoms with van der Waals surface area (Å²) in [4.78, 5) is 12.2. The Hall–Kier alpha value is -1.66. The second-order valence-corrected chi connectivity index (χ2v) is 7.56. The highest BCUT2D eigenvalue weighted by molar-refractivity contribution is 9.10. The molecule has 0 radical (unpaired) electrons. The van der Waals surface area contributed by atoms with Gasteiger partial charge < -0.3 is 5.11 Å². The molecular formula is C15H13BrO4S. The van der Waals surface area contributed by atoms with E-state index in [0.29, 0.717) is 4.47 Å². The van der Waals surface area contributed by atoms with Crippen molar-refractivity contribution in [2.45, 2.75) is 11.8 Å². The van der Waals surface area contributed by atoms with Gasteiger partial charge in [0.25, 0.3) is 0 Å². The van der Waals surface area contributed by atoms with E-state index in [0.717, 1.165) is 5.56 Å². The van der Waals surface area contributed by atoms with Crippen LogP contribution < -0.4 is 0 Å². The zero-order chi connectivity index (χ0) is 15.6. The smallest absolute Gasteiger partial charge is 0.185 e. The molecule has 1 N–H and O–H groups in total. The monoisotopic (exact) mass is 368 g/mol. The van der Waals surface area contributed by atoms with E-state index >= 15 is 0 Å². The number of hydrogen-bond donors (Lipinski definition) is 1. The van der Waals surface area contributed by atoms with Crippen molar-refractivity contribution >= 4 is 31.6 Å². The van der Waals surface area contributed by atoms with E-state index in [4.69, 9.17) is 0 Å². The van der Waals surface area contributed by atoms with Crippen LogP contribution in [-0.4, -0.2) is 25.1 Å². The average molecular weight is 369 g/mol. The van der Waals surface area contributed by atoms with Crippen LogP contribution >= 0.6 is 15.9 Å². The van der Waals surface area contributed by atoms with Gasteiger partial charge in [0, 0.05) is 4.47 Å². The minimum atomic E-state index is -3.73. The number of rotatable bonds is 4. The van der Waals surface area contributed by atoms with Crippen LogP contribution in [0.2, 0.25) is 0 Å². The van der Waals surface area contributed by atoms with Crippen molar-refractivity contribution in [3.05, 3.63) is 58.1 Å². The van der Waals surface area contributed by atoms with Crippen LogP contribution in [0.3, 0.4) is 0 Å². The minimum Gasteiger partial charge on any atom is -0.507 e. The lowest BCUT2D eigenvalue weighted by molar-refractivity contribution is 0.101. The number of phenolic OH excluding ortho intramolecular Hbond substituents is 1. The quantitative estimate of drug-likeness (QED) is 0.841. The van der Waals surface area contributed by atoms with Gasteiger partial charge in [0.15, 0.2) is 15.6 Å². The van der Waals surface area contributed by atoms with E-state index < -0.39 is 21.4 Å². The number of carbonyl (C=O) groups excluding carboxylic acids is 1. The summed E-state index contributed by atoms with van der Waals surface area (Å²) >= 11 is 3.18. The van der Waals surface area contributed by atoms with Crippen LogP contribution in [0.25, 0.3) is 0 Å². The van der Waals surface area contributed by atoms with E-state index in [1.807, 2.05) is 6.92 Å². The lowest BCUT2D eigenvalue weighted by Gasteiger charge is -2.06. The van der Waals surface area contributed by atoms with Crippen LogP contribution in [-0.2, 0) is 9.84 Å². The van der Waals surface area contributed by atoms with Crippen molar-refractivity contribution in [3.63, 3.8) is 0 Å². The molecule has 0 spiro atoms. The minimum absolute atomic E-state index is 0.0138. The predicted molar refractivity (Wildman–Crippen MR) is 83.4 cm³/mol. The van der Waals surface area contributed by atoms with Gasteiger partial charge in [-0.15, -0.1) is 0 Å². The molecule has 0 aliphatic rings. The van der Waals surface area contributed by atoms with E-state index in [1.54, 1.807) is 18.2 Å². The van der Waals surface area contributed by atoms with Crippen LogP contribution in [0.15, 0.2) is 51.8 Å². The maximum atomic E-state index is 12.2. The molecule has 0 saturated carbocycles. The topological polar surface area (TPSA) is 71.4 Å². The summed E-state index contributed by atoms with van der Waals surface area (Å²) in [6, 6.07) is 10.6. The Kier molecular flexibility index (Phi) is 4.49. The summed E-state index contributed by atoms with van der Waals surface area (Å²) in [6.07, 6.45) is 0. The first-order valence-electron chi connectivity index (χ1n) is 6.11. The van der Waals surface area contributed by atoms with E-state index in [-0.39, 0.29) is 16.2 Å². The fraction of sp³-hybridized carbons (Fsp3) is 0.133. The molecule has 0 unspecified atom stereocenters. The van der Waals surface area contributed by atoms with Gasteiger partial charge in [-0.25, -0.2) is 8.42 Å². The molecule has 2 rings (SSSR count). The molecule has 0 atom stereocenters. The fourth-order valence-corrected chi connectivity index (χ4v) is 3.39. The lowest BCUT2D eigenvalue weighted by atomic mass is 10.1. The number of benzene rings is 2. The first kappa shape index (κ1) is 15.7. The first-order valence-corrected chi connectivity index (χ1v) is 8.55. The molecule has 2 aromatic rings. The molecule has 0 fully saturated rings. The van der Waals surface area contributed by atoms with Crippen molar-refractivity contribution in [1.29, 1.82) is 0 Å². The zero-order valence-corrected chi connectivity index (χ0v) is 13.6. The number of Topliss-reactive ketones (excluding diaryl/α,β-unsaturated/α-hetero) is 1. The Labute approximate surface area is 131 Å². The second-order valence-electron chi connectivity index (χ2n) is 4.66. The fourth-order valence-electron chi connectivity index (χ4n) is 1.81. The molecule has 21 heavy (non-hydrogen) atoms. The molecule has 0 aliphatic carbocycles. The number of aryl methyl sites for hydroxylation is 1. The highest BCUT2D eigenvalue weighted by Gasteiger charge is 2.22. The molecule has 4 nitrogen and oxygen atoms in total. The first-order chi connectivity index (χ1) is 9.79. The van der Waals surface area contributed by atoms with Crippen LogP contribution in [0.4, 0.5) is 0 Å². The van der Waals surface area contributed by atoms with Crippen molar-refractivity contribution in [2.24, 2.45) is 0 Å². The predicted octanol–water partition coefficient (Wildman–Crippen LogP) is 3.12. The molecule has 0 saturated heterocycles. The van der Waals surface area contributed by atoms with Gasteiger partial charge in [0.2, 0.25) is 0 Å². The molecular weight excluding hydrogens is 356 g/mol. The summed E-state index contributed by atoms with van der Waals surface area (Å²) < 4.78 is 25.0. The highest BCUT2D eigenvalue weighted by atomic mass is 79.9. The third-order valence-electron chi connectivity index (χ3n) is 2.96. The number of halogens is 1. The molecule has 0 amide bonds. The standard InChI is InChI=1S/C15H13BrO4S/c1-10-2-5-12(6-3-10)21(19,20)9-15(18)13-8-11(16)4-7-14(13)17/h2-8,17H,9H2,1H3. The highest BCUT2D eigenvalue weighted by Crippen LogP contribution is 2.23. The Morgan fingerprint density at radius 1 is 1.14 bits per heavy atom. The maximum absolute atomic E-state index is 12.2. The number of aromatic hydroxyl groups is 1. The van der Waals surface area contributed by atoms with Crippen molar-refractivity contribution < 1.29 is 18.3 Å². The van der Waals surface area contributed by atoms with E-state index in [1.165, 1.54) is 24.3 Å². The van der Waals surface area contributed by atoms with Gasteiger partial charge in [-0.05, 0) is 37.3 Å². The molecule has 2 aromatic carbocycles. The maximum Gasteiger partial charge on any atom is 0.185 e. The van der Waals surface area contributed by atoms with E-state index in [2.05, 4.69) is 15.9 Å². The Bertz CT molecular complexity index is 780. The number of sulfone groups is 1. The molecule has 0 heterocycles. The van der Waals surface area contributed by atoms with Crippen LogP contribution in [0, 0.1) is 6.92 Å². The van der Waals surface area contributed by atoms with Gasteiger partial charge in [0.1, 0.15) is 11.5 Å². The van der Waals surface area contributed by atoms with Crippen molar-refractivity contribution in [1.82, 2.24) is 0 Å². The third kappa shape index (κ3) is 3.71. The molecule has 0 aliphatic heterocycles. The average Bonchev–Trinajstić information content (AvgIpc) is 2.41. The largest absolute Gasteiger partial charge is 0.507 e. The normalized spacial score (nSPS) is 11.3.